The average Bonchev–Trinajstić information content (AvgIpc) is 2.68. The Morgan fingerprint density at radius 1 is 0.966 bits per heavy atom. The summed E-state index contributed by atoms with van der Waals surface area (Å²) in [5.41, 5.74) is 1.80. The predicted octanol–water partition coefficient (Wildman–Crippen LogP) is 1.43. The summed E-state index contributed by atoms with van der Waals surface area (Å²) >= 11 is 0. The molecule has 0 saturated heterocycles. The standard InChI is InChI=1S/C20H21N3O4S.Na/c1-3-23(4-2)16-8-6-15(7-9-16)21-22-20-18-11-10-17(28(25,26)27)13-14(18)5-12-19(20)24;/h5-13,24H,3-4H2,1-2H3,(H,25,26,27);/q;+1/p-1. The van der Waals surface area contributed by atoms with Crippen LogP contribution in [0, 0.1) is 0 Å². The van der Waals surface area contributed by atoms with Crippen LogP contribution in [0.3, 0.4) is 0 Å². The molecular weight excluding hydrogens is 401 g/mol. The van der Waals surface area contributed by atoms with Gasteiger partial charge in [-0.1, -0.05) is 23.9 Å². The maximum absolute atomic E-state index is 12.2. The molecule has 146 valence electrons. The molecule has 0 fully saturated rings. The van der Waals surface area contributed by atoms with Gasteiger partial charge in [0.2, 0.25) is 0 Å². The molecule has 0 atom stereocenters. The van der Waals surface area contributed by atoms with E-state index in [1.165, 1.54) is 30.3 Å². The van der Waals surface area contributed by atoms with Gasteiger partial charge < -0.3 is 10.0 Å². The Morgan fingerprint density at radius 2 is 1.62 bits per heavy atom. The number of rotatable bonds is 6. The summed E-state index contributed by atoms with van der Waals surface area (Å²) in [6, 6.07) is 14.3. The monoisotopic (exact) mass is 421 g/mol. The van der Waals surface area contributed by atoms with Crippen LogP contribution in [0.4, 0.5) is 17.1 Å². The van der Waals surface area contributed by atoms with Crippen LogP contribution in [0.1, 0.15) is 13.8 Å². The van der Waals surface area contributed by atoms with E-state index in [0.717, 1.165) is 18.8 Å². The second-order valence-electron chi connectivity index (χ2n) is 6.16. The zero-order valence-electron chi connectivity index (χ0n) is 16.5. The van der Waals surface area contributed by atoms with Gasteiger partial charge in [-0.25, -0.2) is 0 Å². The molecule has 0 aliphatic carbocycles. The molecular formula is C20H20N3NaO4S. The van der Waals surface area contributed by atoms with Crippen LogP contribution in [0.25, 0.3) is 10.8 Å². The molecule has 0 unspecified atom stereocenters. The molecule has 0 aromatic heterocycles. The molecule has 0 aliphatic heterocycles. The quantitative estimate of drug-likeness (QED) is 0.368. The molecule has 1 N–H and O–H groups in total. The van der Waals surface area contributed by atoms with Crippen LogP contribution in [0.15, 0.2) is 69.7 Å². The molecule has 3 rings (SSSR count). The zero-order valence-corrected chi connectivity index (χ0v) is 19.3. The van der Waals surface area contributed by atoms with E-state index in [1.807, 2.05) is 24.3 Å². The van der Waals surface area contributed by atoms with Crippen LogP contribution in [-0.4, -0.2) is 26.1 Å². The van der Waals surface area contributed by atoms with Gasteiger partial charge in [-0.05, 0) is 55.6 Å². The first kappa shape index (κ1) is 23.3. The maximum atomic E-state index is 12.2. The summed E-state index contributed by atoms with van der Waals surface area (Å²) in [7, 11) is -4.32. The summed E-state index contributed by atoms with van der Waals surface area (Å²) in [4.78, 5) is 1.96. The molecule has 3 aromatic carbocycles. The first-order chi connectivity index (χ1) is 13.3. The Morgan fingerprint density at radius 3 is 2.21 bits per heavy atom. The van der Waals surface area contributed by atoms with Crippen molar-refractivity contribution in [1.29, 1.82) is 0 Å². The van der Waals surface area contributed by atoms with E-state index in [1.54, 1.807) is 0 Å². The number of anilines is 1. The van der Waals surface area contributed by atoms with Crippen LogP contribution in [-0.2, 0) is 10.1 Å². The van der Waals surface area contributed by atoms with Gasteiger partial charge >= 0.3 is 29.6 Å². The topological polar surface area (TPSA) is 105 Å². The number of benzene rings is 3. The van der Waals surface area contributed by atoms with Crippen molar-refractivity contribution < 1.29 is 47.6 Å². The summed E-state index contributed by atoms with van der Waals surface area (Å²) in [6.45, 7) is 5.97. The summed E-state index contributed by atoms with van der Waals surface area (Å²) in [6.07, 6.45) is 0. The third-order valence-electron chi connectivity index (χ3n) is 4.47. The molecule has 0 saturated carbocycles. The van der Waals surface area contributed by atoms with Crippen molar-refractivity contribution >= 4 is 38.0 Å². The van der Waals surface area contributed by atoms with Crippen LogP contribution in [0.5, 0.6) is 5.75 Å². The van der Waals surface area contributed by atoms with Crippen molar-refractivity contribution in [1.82, 2.24) is 0 Å². The largest absolute Gasteiger partial charge is 1.00 e. The van der Waals surface area contributed by atoms with Crippen molar-refractivity contribution in [2.45, 2.75) is 18.7 Å². The summed E-state index contributed by atoms with van der Waals surface area (Å²) in [5, 5.41) is 21.4. The third-order valence-corrected chi connectivity index (χ3v) is 5.32. The Balaban J connectivity index is 0.00000300. The summed E-state index contributed by atoms with van der Waals surface area (Å²) in [5.74, 6) is -0.324. The number of nitrogens with zero attached hydrogens (tertiary/aromatic N) is 3. The van der Waals surface area contributed by atoms with Crippen molar-refractivity contribution in [2.24, 2.45) is 10.2 Å². The fourth-order valence-electron chi connectivity index (χ4n) is 2.96. The van der Waals surface area contributed by atoms with E-state index in [0.29, 0.717) is 16.5 Å². The van der Waals surface area contributed by atoms with E-state index >= 15 is 0 Å². The van der Waals surface area contributed by atoms with Crippen LogP contribution < -0.4 is 39.6 Å². The fraction of sp³-hybridized carbons (Fsp3) is 0.200. The van der Waals surface area contributed by atoms with Gasteiger partial charge in [0, 0.05) is 24.2 Å². The molecule has 29 heavy (non-hydrogen) atoms. The predicted molar refractivity (Wildman–Crippen MR) is 107 cm³/mol. The number of hydrogen-bond donors (Lipinski definition) is 1. The van der Waals surface area contributed by atoms with Gasteiger partial charge in [0.25, 0.3) is 10.1 Å². The minimum absolute atomic E-state index is 0. The Bertz CT molecular complexity index is 1130. The molecule has 0 heterocycles. The smallest absolute Gasteiger partial charge is 0.871 e. The Hall–Kier alpha value is -1.97. The van der Waals surface area contributed by atoms with Crippen molar-refractivity contribution in [3.05, 3.63) is 54.6 Å². The zero-order chi connectivity index (χ0) is 20.3. The van der Waals surface area contributed by atoms with E-state index < -0.39 is 10.1 Å². The maximum Gasteiger partial charge on any atom is 1.00 e. The fourth-order valence-corrected chi connectivity index (χ4v) is 3.48. The van der Waals surface area contributed by atoms with E-state index in [9.17, 15) is 18.1 Å². The normalized spacial score (nSPS) is 11.6. The molecule has 0 spiro atoms. The molecule has 3 aromatic rings. The minimum Gasteiger partial charge on any atom is -0.871 e. The van der Waals surface area contributed by atoms with Crippen molar-refractivity contribution in [3.63, 3.8) is 0 Å². The molecule has 9 heteroatoms. The van der Waals surface area contributed by atoms with E-state index in [4.69, 9.17) is 0 Å². The van der Waals surface area contributed by atoms with E-state index in [-0.39, 0.29) is 45.9 Å². The Kier molecular flexibility index (Phi) is 7.79. The van der Waals surface area contributed by atoms with Gasteiger partial charge in [0.1, 0.15) is 0 Å². The van der Waals surface area contributed by atoms with Gasteiger partial charge in [0.15, 0.2) is 0 Å². The van der Waals surface area contributed by atoms with Crippen molar-refractivity contribution in [2.75, 3.05) is 18.0 Å². The third kappa shape index (κ3) is 5.34. The van der Waals surface area contributed by atoms with Gasteiger partial charge in [0.05, 0.1) is 16.3 Å². The number of azo groups is 1. The molecule has 7 nitrogen and oxygen atoms in total. The SMILES string of the molecule is CCN(CC)c1ccc(N=Nc2c([O-])ccc3cc(S(=O)(=O)O)ccc23)cc1.[Na+]. The van der Waals surface area contributed by atoms with E-state index in [2.05, 4.69) is 29.0 Å². The molecule has 0 amide bonds. The Labute approximate surface area is 192 Å². The number of hydrogen-bond acceptors (Lipinski definition) is 6. The molecule has 0 bridgehead atoms. The van der Waals surface area contributed by atoms with Gasteiger partial charge in [-0.3, -0.25) is 4.55 Å². The van der Waals surface area contributed by atoms with Crippen molar-refractivity contribution in [3.8, 4) is 5.75 Å². The second kappa shape index (κ2) is 9.69. The first-order valence-corrected chi connectivity index (χ1v) is 10.3. The first-order valence-electron chi connectivity index (χ1n) is 8.81. The van der Waals surface area contributed by atoms with Gasteiger partial charge in [-0.2, -0.15) is 18.6 Å². The number of fused-ring (bicyclic) bond motifs is 1. The van der Waals surface area contributed by atoms with Crippen LogP contribution >= 0.6 is 0 Å². The van der Waals surface area contributed by atoms with Gasteiger partial charge in [-0.15, -0.1) is 0 Å². The minimum atomic E-state index is -4.32. The molecule has 0 radical (unpaired) electrons. The van der Waals surface area contributed by atoms with Crippen LogP contribution in [0.2, 0.25) is 0 Å². The summed E-state index contributed by atoms with van der Waals surface area (Å²) < 4.78 is 31.8. The second-order valence-corrected chi connectivity index (χ2v) is 7.58. The molecule has 0 aliphatic rings. The average molecular weight is 421 g/mol.